The summed E-state index contributed by atoms with van der Waals surface area (Å²) in [5.74, 6) is -1.51. The largest absolute Gasteiger partial charge is 0.507 e. The Morgan fingerprint density at radius 1 is 1.18 bits per heavy atom. The maximum Gasteiger partial charge on any atom is 0.295 e. The van der Waals surface area contributed by atoms with Crippen molar-refractivity contribution in [3.63, 3.8) is 0 Å². The van der Waals surface area contributed by atoms with Gasteiger partial charge in [0.15, 0.2) is 11.5 Å². The molecule has 2 unspecified atom stereocenters. The number of carbonyl (C=O) groups excluding carboxylic acids is 2. The number of rotatable bonds is 6. The number of ether oxygens (including phenoxy) is 3. The lowest BCUT2D eigenvalue weighted by molar-refractivity contribution is -0.140. The number of likely N-dealkylation sites (tertiary alicyclic amines) is 1. The monoisotopic (exact) mass is 473 g/mol. The number of aliphatic hydroxyl groups excluding tert-OH is 1. The summed E-state index contributed by atoms with van der Waals surface area (Å²) in [7, 11) is 2.89. The third-order valence-electron chi connectivity index (χ3n) is 5.91. The van der Waals surface area contributed by atoms with Gasteiger partial charge in [-0.2, -0.15) is 0 Å². The molecule has 2 aliphatic heterocycles. The Morgan fingerprint density at radius 2 is 1.97 bits per heavy atom. The predicted molar refractivity (Wildman–Crippen MR) is 121 cm³/mol. The first-order valence-corrected chi connectivity index (χ1v) is 10.8. The van der Waals surface area contributed by atoms with Crippen molar-refractivity contribution in [2.24, 2.45) is 0 Å². The van der Waals surface area contributed by atoms with Crippen LogP contribution >= 0.6 is 11.6 Å². The van der Waals surface area contributed by atoms with Gasteiger partial charge in [0, 0.05) is 18.7 Å². The SMILES string of the molecule is COc1ccc(Cl)c(/C(O)=C2\C(=O)C(=O)N(CC3CCCO3)C2c2ccc(OC)c(O)c2)c1. The first-order valence-electron chi connectivity index (χ1n) is 10.5. The number of amides is 1. The summed E-state index contributed by atoms with van der Waals surface area (Å²) in [4.78, 5) is 27.6. The van der Waals surface area contributed by atoms with E-state index in [1.54, 1.807) is 12.1 Å². The molecule has 0 bridgehead atoms. The lowest BCUT2D eigenvalue weighted by atomic mass is 9.94. The molecule has 0 aromatic heterocycles. The van der Waals surface area contributed by atoms with E-state index >= 15 is 0 Å². The summed E-state index contributed by atoms with van der Waals surface area (Å²) in [6.45, 7) is 0.757. The zero-order chi connectivity index (χ0) is 23.7. The van der Waals surface area contributed by atoms with E-state index in [1.165, 1.54) is 43.4 Å². The fraction of sp³-hybridized carbons (Fsp3) is 0.333. The van der Waals surface area contributed by atoms with E-state index in [9.17, 15) is 19.8 Å². The van der Waals surface area contributed by atoms with Crippen molar-refractivity contribution in [1.82, 2.24) is 4.90 Å². The van der Waals surface area contributed by atoms with Gasteiger partial charge in [-0.3, -0.25) is 9.59 Å². The van der Waals surface area contributed by atoms with Crippen LogP contribution < -0.4 is 9.47 Å². The molecule has 9 heteroatoms. The Hall–Kier alpha value is -3.23. The van der Waals surface area contributed by atoms with Crippen LogP contribution in [0.4, 0.5) is 0 Å². The van der Waals surface area contributed by atoms with Crippen molar-refractivity contribution in [3.8, 4) is 17.2 Å². The molecule has 4 rings (SSSR count). The van der Waals surface area contributed by atoms with E-state index < -0.39 is 23.5 Å². The standard InChI is InChI=1S/C24H24ClNO7/c1-31-14-6-7-17(25)16(11-14)22(28)20-21(13-5-8-19(32-2)18(27)10-13)26(24(30)23(20)29)12-15-4-3-9-33-15/h5-8,10-11,15,21,27-28H,3-4,9,12H2,1-2H3/b22-20+. The molecule has 2 aromatic carbocycles. The number of hydrogen-bond acceptors (Lipinski definition) is 7. The molecule has 2 aliphatic rings. The number of ketones is 1. The van der Waals surface area contributed by atoms with Gasteiger partial charge in [-0.15, -0.1) is 0 Å². The van der Waals surface area contributed by atoms with E-state index in [1.807, 2.05) is 0 Å². The molecule has 2 fully saturated rings. The van der Waals surface area contributed by atoms with Crippen LogP contribution in [0.3, 0.4) is 0 Å². The molecule has 8 nitrogen and oxygen atoms in total. The van der Waals surface area contributed by atoms with Crippen molar-refractivity contribution in [2.45, 2.75) is 25.0 Å². The third kappa shape index (κ3) is 4.24. The summed E-state index contributed by atoms with van der Waals surface area (Å²) < 4.78 is 16.0. The number of carbonyl (C=O) groups is 2. The second-order valence-electron chi connectivity index (χ2n) is 7.86. The Bertz CT molecular complexity index is 1120. The first-order chi connectivity index (χ1) is 15.8. The van der Waals surface area contributed by atoms with Gasteiger partial charge in [0.05, 0.1) is 37.0 Å². The van der Waals surface area contributed by atoms with Gasteiger partial charge < -0.3 is 29.3 Å². The Labute approximate surface area is 195 Å². The number of halogens is 1. The van der Waals surface area contributed by atoms with Gasteiger partial charge in [-0.25, -0.2) is 0 Å². The van der Waals surface area contributed by atoms with Gasteiger partial charge in [0.1, 0.15) is 11.5 Å². The summed E-state index contributed by atoms with van der Waals surface area (Å²) in [6, 6.07) is 8.29. The maximum absolute atomic E-state index is 13.2. The normalized spacial score (nSPS) is 22.1. The first kappa shape index (κ1) is 22.9. The molecular weight excluding hydrogens is 450 g/mol. The van der Waals surface area contributed by atoms with E-state index in [0.717, 1.165) is 12.8 Å². The van der Waals surface area contributed by atoms with E-state index in [4.69, 9.17) is 25.8 Å². The van der Waals surface area contributed by atoms with Gasteiger partial charge >= 0.3 is 0 Å². The summed E-state index contributed by atoms with van der Waals surface area (Å²) in [5.41, 5.74) is 0.470. The highest BCUT2D eigenvalue weighted by molar-refractivity contribution is 6.47. The lowest BCUT2D eigenvalue weighted by Crippen LogP contribution is -2.36. The number of nitrogens with zero attached hydrogens (tertiary/aromatic N) is 1. The predicted octanol–water partition coefficient (Wildman–Crippen LogP) is 3.66. The molecule has 2 heterocycles. The molecule has 2 atom stereocenters. The summed E-state index contributed by atoms with van der Waals surface area (Å²) in [6.07, 6.45) is 1.39. The number of methoxy groups -OCH3 is 2. The molecule has 0 saturated carbocycles. The van der Waals surface area contributed by atoms with Crippen molar-refractivity contribution in [2.75, 3.05) is 27.4 Å². The van der Waals surface area contributed by atoms with Crippen LogP contribution in [-0.2, 0) is 14.3 Å². The lowest BCUT2D eigenvalue weighted by Gasteiger charge is -2.27. The maximum atomic E-state index is 13.2. The highest BCUT2D eigenvalue weighted by atomic mass is 35.5. The zero-order valence-electron chi connectivity index (χ0n) is 18.2. The number of phenols is 1. The second kappa shape index (κ2) is 9.33. The number of phenolic OH excluding ortho intramolecular Hbond substituents is 1. The van der Waals surface area contributed by atoms with Crippen LogP contribution in [0.5, 0.6) is 17.2 Å². The number of aliphatic hydroxyl groups is 1. The number of Topliss-reactive ketones (excluding diaryl/α,β-unsaturated/α-hetero) is 1. The quantitative estimate of drug-likeness (QED) is 0.374. The molecule has 2 N–H and O–H groups in total. The van der Waals surface area contributed by atoms with Crippen molar-refractivity contribution >= 4 is 29.1 Å². The summed E-state index contributed by atoms with van der Waals surface area (Å²) in [5, 5.41) is 21.8. The number of benzene rings is 2. The topological polar surface area (TPSA) is 106 Å². The Kier molecular flexibility index (Phi) is 6.49. The molecule has 0 radical (unpaired) electrons. The van der Waals surface area contributed by atoms with E-state index in [0.29, 0.717) is 17.9 Å². The minimum atomic E-state index is -0.951. The van der Waals surface area contributed by atoms with Crippen LogP contribution in [-0.4, -0.2) is 60.3 Å². The molecule has 2 aromatic rings. The van der Waals surface area contributed by atoms with E-state index in [2.05, 4.69) is 0 Å². The minimum absolute atomic E-state index is 0.127. The van der Waals surface area contributed by atoms with Crippen LogP contribution in [0.15, 0.2) is 42.0 Å². The average Bonchev–Trinajstić information content (AvgIpc) is 3.41. The third-order valence-corrected chi connectivity index (χ3v) is 6.24. The zero-order valence-corrected chi connectivity index (χ0v) is 19.0. The smallest absolute Gasteiger partial charge is 0.295 e. The molecule has 0 spiro atoms. The van der Waals surface area contributed by atoms with Gasteiger partial charge in [0.2, 0.25) is 0 Å². The number of aromatic hydroxyl groups is 1. The van der Waals surface area contributed by atoms with Crippen molar-refractivity contribution < 1.29 is 34.0 Å². The second-order valence-corrected chi connectivity index (χ2v) is 8.27. The van der Waals surface area contributed by atoms with E-state index in [-0.39, 0.29) is 40.3 Å². The van der Waals surface area contributed by atoms with Crippen molar-refractivity contribution in [1.29, 1.82) is 0 Å². The highest BCUT2D eigenvalue weighted by Crippen LogP contribution is 2.43. The fourth-order valence-corrected chi connectivity index (χ4v) is 4.46. The average molecular weight is 474 g/mol. The molecule has 1 amide bonds. The summed E-state index contributed by atoms with van der Waals surface area (Å²) >= 11 is 6.31. The van der Waals surface area contributed by atoms with Gasteiger partial charge in [-0.05, 0) is 48.7 Å². The molecule has 33 heavy (non-hydrogen) atoms. The molecule has 2 saturated heterocycles. The van der Waals surface area contributed by atoms with Crippen molar-refractivity contribution in [3.05, 3.63) is 58.1 Å². The molecule has 0 aliphatic carbocycles. The number of hydrogen-bond donors (Lipinski definition) is 2. The Morgan fingerprint density at radius 3 is 2.61 bits per heavy atom. The van der Waals surface area contributed by atoms with Gasteiger partial charge in [0.25, 0.3) is 11.7 Å². The van der Waals surface area contributed by atoms with Crippen LogP contribution in [0.2, 0.25) is 5.02 Å². The van der Waals surface area contributed by atoms with Crippen LogP contribution in [0.25, 0.3) is 5.76 Å². The van der Waals surface area contributed by atoms with Crippen LogP contribution in [0, 0.1) is 0 Å². The van der Waals surface area contributed by atoms with Gasteiger partial charge in [-0.1, -0.05) is 17.7 Å². The Balaban J connectivity index is 1.88. The molecule has 174 valence electrons. The highest BCUT2D eigenvalue weighted by Gasteiger charge is 2.47. The fourth-order valence-electron chi connectivity index (χ4n) is 4.26. The van der Waals surface area contributed by atoms with Crippen LogP contribution in [0.1, 0.15) is 30.0 Å². The minimum Gasteiger partial charge on any atom is -0.507 e. The molecular formula is C24H24ClNO7.